The number of carboxylic acids is 5. The number of aliphatic hydroxyl groups excluding tert-OH is 2. The fraction of sp³-hybridized carbons (Fsp3) is 0.476. The van der Waals surface area contributed by atoms with Crippen LogP contribution in [0.2, 0.25) is 0 Å². The van der Waals surface area contributed by atoms with Crippen molar-refractivity contribution in [1.29, 1.82) is 0 Å². The highest BCUT2D eigenvalue weighted by Gasteiger charge is 2.38. The number of benzene rings is 3. The van der Waals surface area contributed by atoms with Gasteiger partial charge in [-0.15, -0.1) is 0 Å². The molecule has 1 aromatic heterocycles. The molecule has 0 saturated carbocycles. The lowest BCUT2D eigenvalue weighted by Crippen LogP contribution is -2.62. The van der Waals surface area contributed by atoms with Gasteiger partial charge in [0, 0.05) is 74.0 Å². The highest BCUT2D eigenvalue weighted by Crippen LogP contribution is 2.25. The van der Waals surface area contributed by atoms with Crippen molar-refractivity contribution in [2.75, 3.05) is 77.0 Å². The van der Waals surface area contributed by atoms with Crippen LogP contribution in [0.4, 0.5) is 0 Å². The van der Waals surface area contributed by atoms with Crippen LogP contribution in [0.1, 0.15) is 49.8 Å². The molecule has 534 valence electrons. The Balaban J connectivity index is 1.58. The van der Waals surface area contributed by atoms with Gasteiger partial charge in [-0.3, -0.25) is 72.2 Å². The molecular weight excluding hydrogens is 1320 g/mol. The molecule has 2 heterocycles. The molecule has 0 radical (unpaired) electrons. The second-order valence-corrected chi connectivity index (χ2v) is 25.8. The Hall–Kier alpha value is -9.23. The normalized spacial score (nSPS) is 19.7. The first kappa shape index (κ1) is 79.5. The number of rotatable bonds is 34. The number of aromatic amines is 1. The molecule has 98 heavy (non-hydrogen) atoms. The van der Waals surface area contributed by atoms with E-state index < -0.39 is 182 Å². The SMILES string of the molecule is C[C@H](O)C1NC(=O)[C@@H](CCCCN)NC(=O)[C@@H](Cc2c[nH]c3ccccc23)NC(=O)C(Cc2ccccc2)NC(=O)[C@@H](NC(=O)[C@@H](Cc2ccccc2)NC(=O)CN(CCN(CCN(CC(=O)O)CC(=O)O)CC(=O)O)CC(=O)O)CSSCC(C(=O)N[C@H](C(=O)O)[C@@H](C)O)NC1=O. The van der Waals surface area contributed by atoms with Crippen molar-refractivity contribution in [2.45, 2.75) is 113 Å². The van der Waals surface area contributed by atoms with Crippen LogP contribution in [-0.4, -0.2) is 270 Å². The van der Waals surface area contributed by atoms with Crippen LogP contribution < -0.4 is 48.3 Å². The van der Waals surface area contributed by atoms with Crippen molar-refractivity contribution in [2.24, 2.45) is 5.73 Å². The maximum absolute atomic E-state index is 15.2. The maximum Gasteiger partial charge on any atom is 0.328 e. The van der Waals surface area contributed by atoms with E-state index in [4.69, 9.17) is 5.73 Å². The van der Waals surface area contributed by atoms with Gasteiger partial charge < -0.3 is 89.0 Å². The second kappa shape index (κ2) is 40.5. The van der Waals surface area contributed by atoms with Crippen molar-refractivity contribution in [1.82, 2.24) is 62.2 Å². The summed E-state index contributed by atoms with van der Waals surface area (Å²) in [5.74, 6) is -16.2. The Bertz CT molecular complexity index is 3370. The van der Waals surface area contributed by atoms with E-state index in [1.165, 1.54) is 4.90 Å². The lowest BCUT2D eigenvalue weighted by atomic mass is 10.0. The zero-order chi connectivity index (χ0) is 72.0. The van der Waals surface area contributed by atoms with Gasteiger partial charge in [0.2, 0.25) is 47.3 Å². The Morgan fingerprint density at radius 2 is 1.08 bits per heavy atom. The number of carbonyl (C=O) groups is 13. The van der Waals surface area contributed by atoms with Crippen LogP contribution in [0.3, 0.4) is 0 Å². The summed E-state index contributed by atoms with van der Waals surface area (Å²) in [7, 11) is 1.62. The highest BCUT2D eigenvalue weighted by molar-refractivity contribution is 8.76. The topological polar surface area (TPSA) is 511 Å². The van der Waals surface area contributed by atoms with E-state index >= 15 is 9.59 Å². The zero-order valence-electron chi connectivity index (χ0n) is 53.8. The lowest BCUT2D eigenvalue weighted by Gasteiger charge is -2.29. The summed E-state index contributed by atoms with van der Waals surface area (Å²) in [6.07, 6.45) is -1.92. The first-order valence-electron chi connectivity index (χ1n) is 31.2. The lowest BCUT2D eigenvalue weighted by molar-refractivity contribution is -0.145. The Morgan fingerprint density at radius 3 is 1.65 bits per heavy atom. The van der Waals surface area contributed by atoms with Gasteiger partial charge in [0.25, 0.3) is 0 Å². The molecule has 0 spiro atoms. The molecule has 18 N–H and O–H groups in total. The van der Waals surface area contributed by atoms with E-state index in [-0.39, 0.29) is 64.8 Å². The molecular formula is C63H85N13O20S2. The minimum Gasteiger partial charge on any atom is -0.480 e. The maximum atomic E-state index is 15.2. The number of nitrogens with one attached hydrogen (secondary N) is 9. The third kappa shape index (κ3) is 27.4. The zero-order valence-corrected chi connectivity index (χ0v) is 55.5. The van der Waals surface area contributed by atoms with Crippen molar-refractivity contribution >= 4 is 110 Å². The van der Waals surface area contributed by atoms with Crippen LogP contribution in [0.15, 0.2) is 91.1 Å². The number of hydrogen-bond acceptors (Lipinski definition) is 21. The Kier molecular flexibility index (Phi) is 32.8. The molecule has 0 aliphatic carbocycles. The number of carbonyl (C=O) groups excluding carboxylic acids is 8. The number of H-pyrrole nitrogens is 1. The van der Waals surface area contributed by atoms with Gasteiger partial charge in [0.05, 0.1) is 44.9 Å². The van der Waals surface area contributed by atoms with E-state index in [9.17, 15) is 88.5 Å². The Labute approximate surface area is 570 Å². The number of unbranched alkanes of at least 4 members (excludes halogenated alkanes) is 1. The first-order chi connectivity index (χ1) is 46.6. The Morgan fingerprint density at radius 1 is 0.571 bits per heavy atom. The average Bonchev–Trinajstić information content (AvgIpc) is 1.57. The van der Waals surface area contributed by atoms with Crippen molar-refractivity contribution in [3.05, 3.63) is 108 Å². The van der Waals surface area contributed by atoms with Gasteiger partial charge in [-0.25, -0.2) is 4.79 Å². The number of para-hydroxylation sites is 1. The molecule has 1 aliphatic heterocycles. The highest BCUT2D eigenvalue weighted by atomic mass is 33.1. The molecule has 4 aromatic rings. The van der Waals surface area contributed by atoms with Crippen molar-refractivity contribution in [3.8, 4) is 0 Å². The summed E-state index contributed by atoms with van der Waals surface area (Å²) in [6.45, 7) is -2.11. The van der Waals surface area contributed by atoms with Gasteiger partial charge in [0.15, 0.2) is 6.04 Å². The summed E-state index contributed by atoms with van der Waals surface area (Å²) in [4.78, 5) is 183. The minimum atomic E-state index is -1.92. The van der Waals surface area contributed by atoms with Crippen LogP contribution in [0, 0.1) is 0 Å². The standard InChI is InChI=1S/C63H85N13O20S2/c1-36(77)54-62(94)71-48(61(93)73-55(37(2)78)63(95)96)35-98-97-34-47(70-57(89)44(25-38-13-5-3-6-14-38)66-49(79)29-75(31-51(82)83)23-21-74(30-50(80)81)22-24-76(32-52(84)85)33-53(86)87)60(92)68-45(26-39-15-7-4-8-16-39)58(90)69-46(27-40-28-65-42-18-10-9-17-41(40)42)59(91)67-43(56(88)72-54)19-11-12-20-64/h3-10,13-18,28,36-37,43-48,54-55,65,77-78H,11-12,19-27,29-35,64H2,1-2H3,(H,66,79)(H,67,91)(H,68,92)(H,69,90)(H,70,89)(H,71,94)(H,72,88)(H,73,93)(H,80,81)(H,82,83)(H,84,85)(H,86,87)(H,95,96)/t36-,37+,43+,44+,45?,46+,47-,48?,54?,55-/m0/s1. The van der Waals surface area contributed by atoms with Crippen LogP contribution in [0.25, 0.3) is 10.9 Å². The molecule has 5 rings (SSSR count). The smallest absolute Gasteiger partial charge is 0.328 e. The third-order valence-corrected chi connectivity index (χ3v) is 17.8. The number of amides is 8. The predicted octanol–water partition coefficient (Wildman–Crippen LogP) is -3.31. The first-order valence-corrected chi connectivity index (χ1v) is 33.7. The second-order valence-electron chi connectivity index (χ2n) is 23.3. The molecule has 0 bridgehead atoms. The number of aliphatic carboxylic acids is 5. The summed E-state index contributed by atoms with van der Waals surface area (Å²) in [5, 5.41) is 90.8. The molecule has 33 nitrogen and oxygen atoms in total. The van der Waals surface area contributed by atoms with Gasteiger partial charge >= 0.3 is 29.8 Å². The number of carboxylic acid groups (broad SMARTS) is 5. The molecule has 3 aromatic carbocycles. The van der Waals surface area contributed by atoms with Gasteiger partial charge in [0.1, 0.15) is 42.3 Å². The number of hydrogen-bond donors (Lipinski definition) is 17. The molecule has 35 heteroatoms. The van der Waals surface area contributed by atoms with Crippen LogP contribution >= 0.6 is 21.6 Å². The van der Waals surface area contributed by atoms with E-state index in [1.807, 2.05) is 0 Å². The van der Waals surface area contributed by atoms with E-state index in [0.717, 1.165) is 45.2 Å². The van der Waals surface area contributed by atoms with E-state index in [1.54, 1.807) is 91.1 Å². The monoisotopic (exact) mass is 1410 g/mol. The number of aliphatic hydroxyl groups is 2. The summed E-state index contributed by atoms with van der Waals surface area (Å²) < 4.78 is 0. The minimum absolute atomic E-state index is 0.0850. The summed E-state index contributed by atoms with van der Waals surface area (Å²) >= 11 is 0. The number of aromatic nitrogens is 1. The summed E-state index contributed by atoms with van der Waals surface area (Å²) in [6, 6.07) is 10.4. The fourth-order valence-corrected chi connectivity index (χ4v) is 12.7. The third-order valence-electron chi connectivity index (χ3n) is 15.4. The predicted molar refractivity (Wildman–Crippen MR) is 356 cm³/mol. The average molecular weight is 1410 g/mol. The van der Waals surface area contributed by atoms with Gasteiger partial charge in [-0.2, -0.15) is 0 Å². The number of nitrogens with two attached hydrogens (primary N) is 1. The number of fused-ring (bicyclic) bond motifs is 1. The fourth-order valence-electron chi connectivity index (χ4n) is 10.3. The quantitative estimate of drug-likeness (QED) is 0.0161. The van der Waals surface area contributed by atoms with Crippen LogP contribution in [0.5, 0.6) is 0 Å². The van der Waals surface area contributed by atoms with Crippen LogP contribution in [-0.2, 0) is 81.6 Å². The van der Waals surface area contributed by atoms with Gasteiger partial charge in [-0.1, -0.05) is 100 Å². The van der Waals surface area contributed by atoms with Crippen molar-refractivity contribution in [3.63, 3.8) is 0 Å². The molecule has 8 amide bonds. The number of nitrogens with zero attached hydrogens (tertiary/aromatic N) is 3. The molecule has 1 aliphatic rings. The molecule has 1 fully saturated rings. The summed E-state index contributed by atoms with van der Waals surface area (Å²) in [5.41, 5.74) is 8.01. The van der Waals surface area contributed by atoms with Crippen molar-refractivity contribution < 1.29 is 98.1 Å². The van der Waals surface area contributed by atoms with E-state index in [2.05, 4.69) is 47.5 Å². The van der Waals surface area contributed by atoms with Gasteiger partial charge in [-0.05, 0) is 62.4 Å². The molecule has 1 saturated heterocycles. The molecule has 3 unspecified atom stereocenters. The van der Waals surface area contributed by atoms with E-state index in [0.29, 0.717) is 34.0 Å². The molecule has 10 atom stereocenters. The largest absolute Gasteiger partial charge is 0.480 e.